The number of aryl methyl sites for hydroxylation is 1. The molecule has 1 aromatic heterocycles. The van der Waals surface area contributed by atoms with Crippen molar-refractivity contribution in [2.75, 3.05) is 7.05 Å². The van der Waals surface area contributed by atoms with Crippen molar-refractivity contribution in [3.63, 3.8) is 0 Å². The fourth-order valence-corrected chi connectivity index (χ4v) is 3.90. The molecule has 0 amide bonds. The number of aliphatic imine (C=N–C) groups is 1. The van der Waals surface area contributed by atoms with E-state index in [1.807, 2.05) is 54.2 Å². The van der Waals surface area contributed by atoms with E-state index in [1.54, 1.807) is 7.05 Å². The third kappa shape index (κ3) is 4.32. The van der Waals surface area contributed by atoms with Crippen LogP contribution < -0.4 is 15.4 Å². The molecule has 4 rings (SSSR count). The van der Waals surface area contributed by atoms with E-state index in [1.165, 1.54) is 0 Å². The Hall–Kier alpha value is -3.28. The van der Waals surface area contributed by atoms with E-state index in [-0.39, 0.29) is 11.6 Å². The number of fused-ring (bicyclic) bond motifs is 1. The zero-order chi connectivity index (χ0) is 21.1. The van der Waals surface area contributed by atoms with Crippen molar-refractivity contribution < 1.29 is 4.74 Å². The van der Waals surface area contributed by atoms with Gasteiger partial charge >= 0.3 is 0 Å². The molecule has 30 heavy (non-hydrogen) atoms. The molecule has 0 saturated heterocycles. The molecule has 1 unspecified atom stereocenters. The number of ether oxygens (including phenoxy) is 1. The third-order valence-corrected chi connectivity index (χ3v) is 5.32. The Bertz CT molecular complexity index is 1050. The average Bonchev–Trinajstić information content (AvgIpc) is 3.16. The Morgan fingerprint density at radius 1 is 1.17 bits per heavy atom. The Labute approximate surface area is 178 Å². The van der Waals surface area contributed by atoms with Gasteiger partial charge in [-0.3, -0.25) is 4.99 Å². The molecule has 1 aliphatic heterocycles. The van der Waals surface area contributed by atoms with Crippen molar-refractivity contribution in [2.24, 2.45) is 4.99 Å². The number of hydrogen-bond acceptors (Lipinski definition) is 3. The highest BCUT2D eigenvalue weighted by Crippen LogP contribution is 2.39. The van der Waals surface area contributed by atoms with Gasteiger partial charge < -0.3 is 15.4 Å². The maximum atomic E-state index is 6.15. The van der Waals surface area contributed by atoms with Crippen LogP contribution in [0.15, 0.2) is 65.8 Å². The first-order chi connectivity index (χ1) is 14.4. The summed E-state index contributed by atoms with van der Waals surface area (Å²) in [7, 11) is 1.80. The molecule has 2 aromatic carbocycles. The lowest BCUT2D eigenvalue weighted by molar-refractivity contribution is 0.0694. The predicted octanol–water partition coefficient (Wildman–Crippen LogP) is 4.15. The van der Waals surface area contributed by atoms with E-state index in [0.717, 1.165) is 40.6 Å². The molecule has 6 heteroatoms. The number of hydrogen-bond donors (Lipinski definition) is 2. The first kappa shape index (κ1) is 20.0. The molecule has 0 aliphatic carbocycles. The molecule has 3 aromatic rings. The summed E-state index contributed by atoms with van der Waals surface area (Å²) in [5.74, 6) is 1.69. The normalized spacial score (nSPS) is 17.7. The van der Waals surface area contributed by atoms with Crippen molar-refractivity contribution in [2.45, 2.75) is 45.4 Å². The van der Waals surface area contributed by atoms with Gasteiger partial charge in [-0.2, -0.15) is 5.10 Å². The molecule has 2 N–H and O–H groups in total. The summed E-state index contributed by atoms with van der Waals surface area (Å²) >= 11 is 0. The van der Waals surface area contributed by atoms with Gasteiger partial charge in [-0.15, -0.1) is 0 Å². The molecule has 0 spiro atoms. The van der Waals surface area contributed by atoms with Crippen molar-refractivity contribution in [1.29, 1.82) is 0 Å². The lowest BCUT2D eigenvalue weighted by atomic mass is 9.90. The third-order valence-electron chi connectivity index (χ3n) is 5.32. The Morgan fingerprint density at radius 3 is 2.70 bits per heavy atom. The smallest absolute Gasteiger partial charge is 0.191 e. The van der Waals surface area contributed by atoms with Gasteiger partial charge in [-0.1, -0.05) is 36.4 Å². The zero-order valence-corrected chi connectivity index (χ0v) is 18.0. The number of nitrogens with zero attached hydrogens (tertiary/aromatic N) is 3. The lowest BCUT2D eigenvalue weighted by Crippen LogP contribution is -2.45. The molecule has 6 nitrogen and oxygen atoms in total. The van der Waals surface area contributed by atoms with Gasteiger partial charge in [0.15, 0.2) is 5.96 Å². The van der Waals surface area contributed by atoms with Gasteiger partial charge in [0, 0.05) is 31.8 Å². The van der Waals surface area contributed by atoms with Crippen LogP contribution in [0.4, 0.5) is 0 Å². The second kappa shape index (κ2) is 8.22. The van der Waals surface area contributed by atoms with Gasteiger partial charge in [-0.25, -0.2) is 4.68 Å². The van der Waals surface area contributed by atoms with Gasteiger partial charge in [-0.05, 0) is 44.5 Å². The average molecular weight is 404 g/mol. The van der Waals surface area contributed by atoms with E-state index in [9.17, 15) is 0 Å². The summed E-state index contributed by atoms with van der Waals surface area (Å²) < 4.78 is 8.07. The summed E-state index contributed by atoms with van der Waals surface area (Å²) in [4.78, 5) is 4.46. The zero-order valence-electron chi connectivity index (χ0n) is 18.0. The first-order valence-electron chi connectivity index (χ1n) is 10.3. The van der Waals surface area contributed by atoms with Crippen LogP contribution in [-0.2, 0) is 6.54 Å². The standard InChI is InChI=1S/C24H29N5O/c1-17-13-14-29(28-17)21-11-7-5-9-18(21)16-26-23(25-4)27-20-15-24(2,3)30-22-12-8-6-10-19(20)22/h5-14,20H,15-16H2,1-4H3,(H2,25,26,27). The molecule has 0 saturated carbocycles. The van der Waals surface area contributed by atoms with E-state index < -0.39 is 0 Å². The van der Waals surface area contributed by atoms with E-state index in [2.05, 4.69) is 52.8 Å². The summed E-state index contributed by atoms with van der Waals surface area (Å²) in [6.45, 7) is 6.88. The number of nitrogens with one attached hydrogen (secondary N) is 2. The van der Waals surface area contributed by atoms with Crippen LogP contribution in [0.3, 0.4) is 0 Å². The SMILES string of the molecule is CN=C(NCc1ccccc1-n1ccc(C)n1)NC1CC(C)(C)Oc2ccccc21. The second-order valence-electron chi connectivity index (χ2n) is 8.26. The largest absolute Gasteiger partial charge is 0.487 e. The predicted molar refractivity (Wildman–Crippen MR) is 120 cm³/mol. The molecular formula is C24H29N5O. The molecule has 0 bridgehead atoms. The molecule has 1 aliphatic rings. The van der Waals surface area contributed by atoms with Gasteiger partial charge in [0.05, 0.1) is 17.4 Å². The number of guanidine groups is 1. The maximum absolute atomic E-state index is 6.15. The highest BCUT2D eigenvalue weighted by atomic mass is 16.5. The van der Waals surface area contributed by atoms with Crippen LogP contribution in [0.2, 0.25) is 0 Å². The van der Waals surface area contributed by atoms with Crippen LogP contribution in [-0.4, -0.2) is 28.4 Å². The fourth-order valence-electron chi connectivity index (χ4n) is 3.90. The van der Waals surface area contributed by atoms with Gasteiger partial charge in [0.25, 0.3) is 0 Å². The minimum Gasteiger partial charge on any atom is -0.487 e. The van der Waals surface area contributed by atoms with Crippen molar-refractivity contribution in [3.05, 3.63) is 77.6 Å². The topological polar surface area (TPSA) is 63.5 Å². The molecule has 156 valence electrons. The Morgan fingerprint density at radius 2 is 1.93 bits per heavy atom. The molecule has 0 radical (unpaired) electrons. The van der Waals surface area contributed by atoms with E-state index >= 15 is 0 Å². The van der Waals surface area contributed by atoms with Crippen LogP contribution in [0.1, 0.15) is 43.1 Å². The lowest BCUT2D eigenvalue weighted by Gasteiger charge is -2.38. The van der Waals surface area contributed by atoms with E-state index in [4.69, 9.17) is 4.74 Å². The fraction of sp³-hybridized carbons (Fsp3) is 0.333. The summed E-state index contributed by atoms with van der Waals surface area (Å²) in [5.41, 5.74) is 4.13. The summed E-state index contributed by atoms with van der Waals surface area (Å²) in [6, 6.07) is 18.6. The highest BCUT2D eigenvalue weighted by molar-refractivity contribution is 5.80. The second-order valence-corrected chi connectivity index (χ2v) is 8.26. The molecule has 2 heterocycles. The van der Waals surface area contributed by atoms with Crippen LogP contribution in [0.5, 0.6) is 5.75 Å². The van der Waals surface area contributed by atoms with Gasteiger partial charge in [0.1, 0.15) is 11.4 Å². The van der Waals surface area contributed by atoms with Crippen LogP contribution in [0.25, 0.3) is 5.69 Å². The minimum atomic E-state index is -0.241. The molecular weight excluding hydrogens is 374 g/mol. The summed E-state index contributed by atoms with van der Waals surface area (Å²) in [5, 5.41) is 11.6. The number of aromatic nitrogens is 2. The molecule has 0 fully saturated rings. The number of benzene rings is 2. The molecule has 1 atom stereocenters. The monoisotopic (exact) mass is 403 g/mol. The first-order valence-corrected chi connectivity index (χ1v) is 10.3. The van der Waals surface area contributed by atoms with Crippen molar-refractivity contribution in [3.8, 4) is 11.4 Å². The van der Waals surface area contributed by atoms with Crippen LogP contribution >= 0.6 is 0 Å². The Kier molecular flexibility index (Phi) is 5.48. The van der Waals surface area contributed by atoms with Crippen molar-refractivity contribution >= 4 is 5.96 Å². The van der Waals surface area contributed by atoms with Crippen LogP contribution in [0, 0.1) is 6.92 Å². The van der Waals surface area contributed by atoms with Gasteiger partial charge in [0.2, 0.25) is 0 Å². The quantitative estimate of drug-likeness (QED) is 0.507. The number of para-hydroxylation sites is 2. The maximum Gasteiger partial charge on any atom is 0.191 e. The highest BCUT2D eigenvalue weighted by Gasteiger charge is 2.33. The van der Waals surface area contributed by atoms with E-state index in [0.29, 0.717) is 6.54 Å². The van der Waals surface area contributed by atoms with Crippen molar-refractivity contribution in [1.82, 2.24) is 20.4 Å². The Balaban J connectivity index is 1.50. The summed E-state index contributed by atoms with van der Waals surface area (Å²) in [6.07, 6.45) is 2.84. The minimum absolute atomic E-state index is 0.125. The number of rotatable bonds is 4.